The number of carbonyl (C=O) groups excluding carboxylic acids is 1. The van der Waals surface area contributed by atoms with Crippen molar-refractivity contribution in [3.63, 3.8) is 0 Å². The topological polar surface area (TPSA) is 98.6 Å². The first-order chi connectivity index (χ1) is 9.58. The molecule has 1 amide bonds. The van der Waals surface area contributed by atoms with Gasteiger partial charge in [0.2, 0.25) is 0 Å². The lowest BCUT2D eigenvalue weighted by Crippen LogP contribution is -2.10. The molecule has 0 heterocycles. The maximum Gasteiger partial charge on any atom is 0.270 e. The van der Waals surface area contributed by atoms with Crippen molar-refractivity contribution in [1.29, 1.82) is 0 Å². The van der Waals surface area contributed by atoms with Crippen molar-refractivity contribution in [2.45, 2.75) is 0 Å². The molecular formula is C14H11N3O3. The molecule has 0 saturated heterocycles. The van der Waals surface area contributed by atoms with Gasteiger partial charge in [0.25, 0.3) is 11.6 Å². The summed E-state index contributed by atoms with van der Waals surface area (Å²) in [6.07, 6.45) is 1.45. The number of carbonyl (C=O) groups is 1. The Kier molecular flexibility index (Phi) is 3.85. The minimum atomic E-state index is -0.572. The average molecular weight is 269 g/mol. The highest BCUT2D eigenvalue weighted by atomic mass is 16.6. The summed E-state index contributed by atoms with van der Waals surface area (Å²) in [5.74, 6) is -0.572. The van der Waals surface area contributed by atoms with Crippen LogP contribution in [0, 0.1) is 10.1 Å². The third-order valence-electron chi connectivity index (χ3n) is 2.60. The molecule has 6 nitrogen and oxygen atoms in total. The number of nitro benzene ring substituents is 1. The maximum atomic E-state index is 11.2. The van der Waals surface area contributed by atoms with Crippen LogP contribution in [-0.2, 0) is 0 Å². The van der Waals surface area contributed by atoms with E-state index in [9.17, 15) is 14.9 Å². The SMILES string of the molecule is NC(=O)c1ccccc1N=Cc1cccc([N+](=O)[O-])c1. The van der Waals surface area contributed by atoms with Gasteiger partial charge in [0.05, 0.1) is 16.2 Å². The highest BCUT2D eigenvalue weighted by Gasteiger charge is 2.06. The van der Waals surface area contributed by atoms with Crippen LogP contribution in [0.25, 0.3) is 0 Å². The lowest BCUT2D eigenvalue weighted by atomic mass is 10.1. The lowest BCUT2D eigenvalue weighted by molar-refractivity contribution is -0.384. The van der Waals surface area contributed by atoms with Crippen LogP contribution in [0.1, 0.15) is 15.9 Å². The largest absolute Gasteiger partial charge is 0.366 e. The van der Waals surface area contributed by atoms with Crippen molar-refractivity contribution in [1.82, 2.24) is 0 Å². The molecule has 0 bridgehead atoms. The minimum Gasteiger partial charge on any atom is -0.366 e. The summed E-state index contributed by atoms with van der Waals surface area (Å²) in [5, 5.41) is 10.7. The van der Waals surface area contributed by atoms with Gasteiger partial charge in [-0.15, -0.1) is 0 Å². The van der Waals surface area contributed by atoms with E-state index in [1.807, 2.05) is 0 Å². The zero-order valence-corrected chi connectivity index (χ0v) is 10.4. The molecule has 0 atom stereocenters. The molecule has 20 heavy (non-hydrogen) atoms. The number of rotatable bonds is 4. The highest BCUT2D eigenvalue weighted by molar-refractivity contribution is 5.98. The van der Waals surface area contributed by atoms with Crippen LogP contribution in [0.15, 0.2) is 53.5 Å². The van der Waals surface area contributed by atoms with E-state index < -0.39 is 10.8 Å². The van der Waals surface area contributed by atoms with E-state index in [-0.39, 0.29) is 5.69 Å². The second-order valence-corrected chi connectivity index (χ2v) is 3.99. The van der Waals surface area contributed by atoms with Gasteiger partial charge in [0.1, 0.15) is 0 Å². The quantitative estimate of drug-likeness (QED) is 0.524. The van der Waals surface area contributed by atoms with Crippen LogP contribution >= 0.6 is 0 Å². The van der Waals surface area contributed by atoms with E-state index in [1.54, 1.807) is 36.4 Å². The summed E-state index contributed by atoms with van der Waals surface area (Å²) in [6.45, 7) is 0. The molecule has 2 rings (SSSR count). The summed E-state index contributed by atoms with van der Waals surface area (Å²) in [5.41, 5.74) is 6.52. The first kappa shape index (κ1) is 13.4. The molecule has 0 fully saturated rings. The Bertz CT molecular complexity index is 696. The van der Waals surface area contributed by atoms with Gasteiger partial charge >= 0.3 is 0 Å². The molecule has 0 saturated carbocycles. The Morgan fingerprint density at radius 2 is 1.95 bits per heavy atom. The molecule has 2 aromatic rings. The fraction of sp³-hybridized carbons (Fsp3) is 0. The number of nitrogens with two attached hydrogens (primary N) is 1. The number of hydrogen-bond acceptors (Lipinski definition) is 4. The predicted octanol–water partition coefficient (Wildman–Crippen LogP) is 2.44. The summed E-state index contributed by atoms with van der Waals surface area (Å²) in [7, 11) is 0. The van der Waals surface area contributed by atoms with E-state index in [0.29, 0.717) is 16.8 Å². The van der Waals surface area contributed by atoms with E-state index in [4.69, 9.17) is 5.73 Å². The van der Waals surface area contributed by atoms with Crippen LogP contribution < -0.4 is 5.73 Å². The Hall–Kier alpha value is -3.02. The zero-order chi connectivity index (χ0) is 14.5. The first-order valence-corrected chi connectivity index (χ1v) is 5.75. The van der Waals surface area contributed by atoms with Crippen molar-refractivity contribution in [2.24, 2.45) is 10.7 Å². The first-order valence-electron chi connectivity index (χ1n) is 5.75. The number of amides is 1. The second kappa shape index (κ2) is 5.75. The van der Waals surface area contributed by atoms with Crippen LogP contribution in [0.4, 0.5) is 11.4 Å². The summed E-state index contributed by atoms with van der Waals surface area (Å²) in [6, 6.07) is 12.7. The van der Waals surface area contributed by atoms with Crippen LogP contribution in [0.2, 0.25) is 0 Å². The minimum absolute atomic E-state index is 0.0165. The average Bonchev–Trinajstić information content (AvgIpc) is 2.45. The molecule has 0 aliphatic carbocycles. The third-order valence-corrected chi connectivity index (χ3v) is 2.60. The monoisotopic (exact) mass is 269 g/mol. The van der Waals surface area contributed by atoms with Crippen LogP contribution in [0.5, 0.6) is 0 Å². The van der Waals surface area contributed by atoms with Crippen molar-refractivity contribution >= 4 is 23.5 Å². The number of primary amides is 1. The normalized spacial score (nSPS) is 10.6. The number of nitro groups is 1. The van der Waals surface area contributed by atoms with Gasteiger partial charge in [-0.1, -0.05) is 24.3 Å². The van der Waals surface area contributed by atoms with E-state index in [2.05, 4.69) is 4.99 Å². The van der Waals surface area contributed by atoms with Crippen molar-refractivity contribution < 1.29 is 9.72 Å². The van der Waals surface area contributed by atoms with Gasteiger partial charge in [-0.3, -0.25) is 19.9 Å². The van der Waals surface area contributed by atoms with Gasteiger partial charge in [0.15, 0.2) is 0 Å². The summed E-state index contributed by atoms with van der Waals surface area (Å²) >= 11 is 0. The van der Waals surface area contributed by atoms with Gasteiger partial charge in [-0.05, 0) is 17.7 Å². The smallest absolute Gasteiger partial charge is 0.270 e. The summed E-state index contributed by atoms with van der Waals surface area (Å²) < 4.78 is 0. The number of para-hydroxylation sites is 1. The molecule has 6 heteroatoms. The maximum absolute atomic E-state index is 11.2. The van der Waals surface area contributed by atoms with E-state index >= 15 is 0 Å². The summed E-state index contributed by atoms with van der Waals surface area (Å²) in [4.78, 5) is 25.6. The van der Waals surface area contributed by atoms with Crippen molar-refractivity contribution in [3.05, 3.63) is 69.8 Å². The number of aliphatic imine (C=N–C) groups is 1. The number of non-ortho nitro benzene ring substituents is 1. The van der Waals surface area contributed by atoms with E-state index in [0.717, 1.165) is 0 Å². The van der Waals surface area contributed by atoms with Crippen molar-refractivity contribution in [3.8, 4) is 0 Å². The Morgan fingerprint density at radius 3 is 2.65 bits per heavy atom. The molecule has 2 N–H and O–H groups in total. The van der Waals surface area contributed by atoms with Crippen LogP contribution in [-0.4, -0.2) is 17.0 Å². The van der Waals surface area contributed by atoms with Gasteiger partial charge in [-0.25, -0.2) is 0 Å². The number of nitrogens with zero attached hydrogens (tertiary/aromatic N) is 2. The molecule has 0 spiro atoms. The second-order valence-electron chi connectivity index (χ2n) is 3.99. The zero-order valence-electron chi connectivity index (χ0n) is 10.4. The molecule has 0 unspecified atom stereocenters. The highest BCUT2D eigenvalue weighted by Crippen LogP contribution is 2.18. The molecule has 0 aromatic heterocycles. The molecule has 0 radical (unpaired) electrons. The standard InChI is InChI=1S/C14H11N3O3/c15-14(18)12-6-1-2-7-13(12)16-9-10-4-3-5-11(8-10)17(19)20/h1-9H,(H2,15,18). The predicted molar refractivity (Wildman–Crippen MR) is 75.3 cm³/mol. The molecule has 0 aliphatic rings. The fourth-order valence-corrected chi connectivity index (χ4v) is 1.66. The Balaban J connectivity index is 2.32. The molecule has 2 aromatic carbocycles. The number of benzene rings is 2. The molecular weight excluding hydrogens is 258 g/mol. The van der Waals surface area contributed by atoms with Crippen LogP contribution in [0.3, 0.4) is 0 Å². The molecule has 0 aliphatic heterocycles. The van der Waals surface area contributed by atoms with Gasteiger partial charge in [0, 0.05) is 18.3 Å². The number of hydrogen-bond donors (Lipinski definition) is 1. The fourth-order valence-electron chi connectivity index (χ4n) is 1.66. The third kappa shape index (κ3) is 3.05. The van der Waals surface area contributed by atoms with Gasteiger partial charge in [-0.2, -0.15) is 0 Å². The van der Waals surface area contributed by atoms with Crippen molar-refractivity contribution in [2.75, 3.05) is 0 Å². The Morgan fingerprint density at radius 1 is 1.20 bits per heavy atom. The Labute approximate surface area is 114 Å². The van der Waals surface area contributed by atoms with Gasteiger partial charge < -0.3 is 5.73 Å². The lowest BCUT2D eigenvalue weighted by Gasteiger charge is -2.00. The van der Waals surface area contributed by atoms with E-state index in [1.165, 1.54) is 18.3 Å². The molecule has 100 valence electrons.